The number of benzene rings is 4. The van der Waals surface area contributed by atoms with Gasteiger partial charge >= 0.3 is 0 Å². The third kappa shape index (κ3) is 7.33. The van der Waals surface area contributed by atoms with Crippen LogP contribution in [0.15, 0.2) is 94.7 Å². The molecule has 0 spiro atoms. The van der Waals surface area contributed by atoms with Gasteiger partial charge in [0.05, 0.1) is 26.2 Å². The van der Waals surface area contributed by atoms with E-state index in [0.717, 1.165) is 9.87 Å². The molecular formula is C28H24Cl3N3O5S2. The molecule has 8 nitrogen and oxygen atoms in total. The van der Waals surface area contributed by atoms with Gasteiger partial charge in [0.1, 0.15) is 6.54 Å². The molecule has 0 aliphatic heterocycles. The lowest BCUT2D eigenvalue weighted by molar-refractivity contribution is -0.114. The number of nitrogens with one attached hydrogen (secondary N) is 2. The molecule has 0 aliphatic carbocycles. The number of anilines is 3. The zero-order chi connectivity index (χ0) is 29.9. The number of carbonyl (C=O) groups is 1. The van der Waals surface area contributed by atoms with Crippen molar-refractivity contribution in [1.82, 2.24) is 0 Å². The average molecular weight is 653 g/mol. The Kier molecular flexibility index (Phi) is 9.20. The van der Waals surface area contributed by atoms with Gasteiger partial charge in [0.15, 0.2) is 0 Å². The third-order valence-corrected chi connectivity index (χ3v) is 9.91. The number of aryl methyl sites for hydroxylation is 2. The fraction of sp³-hybridized carbons (Fsp3) is 0.107. The van der Waals surface area contributed by atoms with Gasteiger partial charge in [-0.1, -0.05) is 58.6 Å². The Morgan fingerprint density at radius 3 is 2.00 bits per heavy atom. The van der Waals surface area contributed by atoms with Crippen LogP contribution in [0.25, 0.3) is 0 Å². The van der Waals surface area contributed by atoms with Gasteiger partial charge in [0.2, 0.25) is 5.91 Å². The Balaban J connectivity index is 1.57. The highest BCUT2D eigenvalue weighted by molar-refractivity contribution is 7.93. The van der Waals surface area contributed by atoms with E-state index in [1.165, 1.54) is 60.7 Å². The summed E-state index contributed by atoms with van der Waals surface area (Å²) >= 11 is 18.4. The SMILES string of the molecule is Cc1ccc(S(=O)(=O)N(CC(=O)Nc2ccc(S(=O)(=O)Nc3cc(Cl)ccc3C)cc2)c2cc(Cl)ccc2Cl)cc1. The summed E-state index contributed by atoms with van der Waals surface area (Å²) in [5.41, 5.74) is 2.16. The number of rotatable bonds is 9. The van der Waals surface area contributed by atoms with Crippen LogP contribution in [0.4, 0.5) is 17.1 Å². The van der Waals surface area contributed by atoms with Crippen molar-refractivity contribution >= 4 is 77.8 Å². The molecule has 0 atom stereocenters. The molecule has 4 rings (SSSR count). The van der Waals surface area contributed by atoms with Crippen molar-refractivity contribution in [3.63, 3.8) is 0 Å². The van der Waals surface area contributed by atoms with Crippen molar-refractivity contribution in [2.24, 2.45) is 0 Å². The first-order valence-corrected chi connectivity index (χ1v) is 16.1. The average Bonchev–Trinajstić information content (AvgIpc) is 2.91. The van der Waals surface area contributed by atoms with Crippen molar-refractivity contribution in [1.29, 1.82) is 0 Å². The van der Waals surface area contributed by atoms with Gasteiger partial charge in [-0.05, 0) is 86.1 Å². The van der Waals surface area contributed by atoms with E-state index in [4.69, 9.17) is 34.8 Å². The van der Waals surface area contributed by atoms with Crippen LogP contribution in [0.3, 0.4) is 0 Å². The monoisotopic (exact) mass is 651 g/mol. The van der Waals surface area contributed by atoms with Gasteiger partial charge in [-0.2, -0.15) is 0 Å². The van der Waals surface area contributed by atoms with Crippen LogP contribution in [0, 0.1) is 13.8 Å². The van der Waals surface area contributed by atoms with Gasteiger partial charge in [-0.15, -0.1) is 0 Å². The summed E-state index contributed by atoms with van der Waals surface area (Å²) in [5.74, 6) is -0.694. The number of carbonyl (C=O) groups excluding carboxylic acids is 1. The Bertz CT molecular complexity index is 1810. The second kappa shape index (κ2) is 12.3. The van der Waals surface area contributed by atoms with E-state index in [1.807, 2.05) is 6.92 Å². The summed E-state index contributed by atoms with van der Waals surface area (Å²) < 4.78 is 56.4. The highest BCUT2D eigenvalue weighted by Gasteiger charge is 2.29. The molecule has 4 aromatic carbocycles. The first-order valence-electron chi connectivity index (χ1n) is 12.0. The van der Waals surface area contributed by atoms with Gasteiger partial charge in [-0.25, -0.2) is 16.8 Å². The molecule has 0 heterocycles. The fourth-order valence-corrected chi connectivity index (χ4v) is 6.93. The van der Waals surface area contributed by atoms with E-state index in [0.29, 0.717) is 16.3 Å². The zero-order valence-electron chi connectivity index (χ0n) is 21.7. The van der Waals surface area contributed by atoms with E-state index in [9.17, 15) is 21.6 Å². The number of amides is 1. The molecule has 0 saturated carbocycles. The van der Waals surface area contributed by atoms with Crippen LogP contribution in [0.5, 0.6) is 0 Å². The van der Waals surface area contributed by atoms with Crippen LogP contribution in [-0.4, -0.2) is 29.3 Å². The largest absolute Gasteiger partial charge is 0.325 e. The maximum atomic E-state index is 13.6. The van der Waals surface area contributed by atoms with E-state index >= 15 is 0 Å². The molecule has 41 heavy (non-hydrogen) atoms. The van der Waals surface area contributed by atoms with Gasteiger partial charge in [0, 0.05) is 15.7 Å². The molecular weight excluding hydrogens is 629 g/mol. The van der Waals surface area contributed by atoms with E-state index < -0.39 is 32.5 Å². The number of halogens is 3. The molecule has 0 bridgehead atoms. The second-order valence-corrected chi connectivity index (χ2v) is 13.9. The molecule has 1 amide bonds. The Morgan fingerprint density at radius 1 is 0.756 bits per heavy atom. The smallest absolute Gasteiger partial charge is 0.264 e. The van der Waals surface area contributed by atoms with Crippen LogP contribution in [0.2, 0.25) is 15.1 Å². The van der Waals surface area contributed by atoms with Crippen LogP contribution >= 0.6 is 34.8 Å². The summed E-state index contributed by atoms with van der Waals surface area (Å²) in [6, 6.07) is 20.7. The lowest BCUT2D eigenvalue weighted by Gasteiger charge is -2.25. The second-order valence-electron chi connectivity index (χ2n) is 9.06. The Morgan fingerprint density at radius 2 is 1.34 bits per heavy atom. The number of hydrogen-bond acceptors (Lipinski definition) is 5. The minimum absolute atomic E-state index is 0.0266. The maximum absolute atomic E-state index is 13.6. The van der Waals surface area contributed by atoms with Gasteiger partial charge < -0.3 is 5.32 Å². The first-order chi connectivity index (χ1) is 19.3. The molecule has 0 radical (unpaired) electrons. The van der Waals surface area contributed by atoms with Crippen molar-refractivity contribution in [3.8, 4) is 0 Å². The topological polar surface area (TPSA) is 113 Å². The number of nitrogens with zero attached hydrogens (tertiary/aromatic N) is 1. The molecule has 4 aromatic rings. The standard InChI is InChI=1S/C28H24Cl3N3O5S2/c1-18-3-10-24(11-4-18)41(38,39)34(27-16-21(30)7-14-25(27)31)17-28(35)32-22-8-12-23(13-9-22)40(36,37)33-26-15-20(29)6-5-19(26)2/h3-16,33H,17H2,1-2H3,(H,32,35). The minimum Gasteiger partial charge on any atom is -0.325 e. The van der Waals surface area contributed by atoms with Crippen LogP contribution in [-0.2, 0) is 24.8 Å². The van der Waals surface area contributed by atoms with E-state index in [2.05, 4.69) is 10.0 Å². The minimum atomic E-state index is -4.23. The molecule has 0 saturated heterocycles. The molecule has 0 aliphatic rings. The lowest BCUT2D eigenvalue weighted by atomic mass is 10.2. The van der Waals surface area contributed by atoms with Gasteiger partial charge in [0.25, 0.3) is 20.0 Å². The van der Waals surface area contributed by atoms with Crippen LogP contribution < -0.4 is 14.3 Å². The normalized spacial score (nSPS) is 11.6. The molecule has 0 unspecified atom stereocenters. The molecule has 2 N–H and O–H groups in total. The fourth-order valence-electron chi connectivity index (χ4n) is 3.77. The highest BCUT2D eigenvalue weighted by Crippen LogP contribution is 2.33. The number of hydrogen-bond donors (Lipinski definition) is 2. The van der Waals surface area contributed by atoms with Crippen molar-refractivity contribution < 1.29 is 21.6 Å². The van der Waals surface area contributed by atoms with Crippen LogP contribution in [0.1, 0.15) is 11.1 Å². The summed E-state index contributed by atoms with van der Waals surface area (Å²) in [4.78, 5) is 13.0. The number of sulfonamides is 2. The van der Waals surface area contributed by atoms with E-state index in [1.54, 1.807) is 31.2 Å². The summed E-state index contributed by atoms with van der Waals surface area (Å²) in [5, 5.41) is 3.29. The van der Waals surface area contributed by atoms with Crippen molar-refractivity contribution in [2.45, 2.75) is 23.6 Å². The van der Waals surface area contributed by atoms with E-state index in [-0.39, 0.29) is 31.2 Å². The quantitative estimate of drug-likeness (QED) is 0.204. The molecule has 214 valence electrons. The zero-order valence-corrected chi connectivity index (χ0v) is 25.6. The summed E-state index contributed by atoms with van der Waals surface area (Å²) in [6.07, 6.45) is 0. The lowest BCUT2D eigenvalue weighted by Crippen LogP contribution is -2.38. The third-order valence-electron chi connectivity index (χ3n) is 5.97. The van der Waals surface area contributed by atoms with Crippen molar-refractivity contribution in [3.05, 3.63) is 111 Å². The first kappa shape index (κ1) is 30.7. The molecule has 0 fully saturated rings. The Hall–Kier alpha value is -3.28. The maximum Gasteiger partial charge on any atom is 0.264 e. The molecule has 13 heteroatoms. The van der Waals surface area contributed by atoms with Crippen molar-refractivity contribution in [2.75, 3.05) is 20.9 Å². The Labute approximate surface area is 254 Å². The summed E-state index contributed by atoms with van der Waals surface area (Å²) in [7, 11) is -8.18. The molecule has 0 aromatic heterocycles. The highest BCUT2D eigenvalue weighted by atomic mass is 35.5. The van der Waals surface area contributed by atoms with Gasteiger partial charge in [-0.3, -0.25) is 13.8 Å². The predicted octanol–water partition coefficient (Wildman–Crippen LogP) is 6.90. The predicted molar refractivity (Wildman–Crippen MR) is 164 cm³/mol. The summed E-state index contributed by atoms with van der Waals surface area (Å²) in [6.45, 7) is 2.93.